The van der Waals surface area contributed by atoms with Crippen molar-refractivity contribution < 1.29 is 81.6 Å². The molecule has 6 aromatic carbocycles. The van der Waals surface area contributed by atoms with Crippen molar-refractivity contribution in [1.82, 2.24) is 0 Å². The van der Waals surface area contributed by atoms with Crippen LogP contribution in [0.25, 0.3) is 0 Å². The SMILES string of the molecule is O=C(OC[C@H]1O[C@H](O[C@H]2O[C@H](COC(=O)c3ccccc3)[C@@H](O)[C@H](OC(=O)c3ccccc3)[C@H]2OC(=O)c2ccccc2)[C@H](OC(=O)c2ccccc2)[C@@H](OC(=O)c2ccccc2)[C@@H]1O)c1ccccc1. The molecule has 0 saturated carbocycles. The van der Waals surface area contributed by atoms with Crippen molar-refractivity contribution in [3.05, 3.63) is 215 Å². The molecule has 17 nitrogen and oxygen atoms in total. The average Bonchev–Trinajstić information content (AvgIpc) is 3.42. The average molecular weight is 967 g/mol. The summed E-state index contributed by atoms with van der Waals surface area (Å²) in [5.74, 6) is -5.58. The van der Waals surface area contributed by atoms with Crippen molar-refractivity contribution in [3.63, 3.8) is 0 Å². The van der Waals surface area contributed by atoms with Gasteiger partial charge in [-0.05, 0) is 72.8 Å². The molecule has 0 aliphatic carbocycles. The van der Waals surface area contributed by atoms with E-state index in [9.17, 15) is 39.0 Å². The van der Waals surface area contributed by atoms with E-state index in [1.807, 2.05) is 0 Å². The highest BCUT2D eigenvalue weighted by Crippen LogP contribution is 2.35. The van der Waals surface area contributed by atoms with Gasteiger partial charge in [0, 0.05) is 0 Å². The molecule has 2 saturated heterocycles. The Kier molecular flexibility index (Phi) is 16.3. The minimum absolute atomic E-state index is 0.0210. The second-order valence-electron chi connectivity index (χ2n) is 16.1. The molecule has 17 heteroatoms. The third-order valence-corrected chi connectivity index (χ3v) is 11.3. The van der Waals surface area contributed by atoms with Crippen LogP contribution in [0.1, 0.15) is 62.1 Å². The number of carbonyl (C=O) groups excluding carboxylic acids is 6. The molecule has 364 valence electrons. The van der Waals surface area contributed by atoms with E-state index in [0.717, 1.165) is 0 Å². The molecule has 2 heterocycles. The first kappa shape index (κ1) is 49.4. The van der Waals surface area contributed by atoms with Crippen LogP contribution in [0, 0.1) is 0 Å². The lowest BCUT2D eigenvalue weighted by molar-refractivity contribution is -0.373. The van der Waals surface area contributed by atoms with Crippen LogP contribution in [-0.2, 0) is 42.6 Å². The number of aliphatic hydroxyl groups excluding tert-OH is 2. The maximum Gasteiger partial charge on any atom is 0.338 e. The molecule has 10 atom stereocenters. The summed E-state index contributed by atoms with van der Waals surface area (Å²) < 4.78 is 54.2. The number of ether oxygens (including phenoxy) is 9. The molecule has 2 fully saturated rings. The van der Waals surface area contributed by atoms with Crippen LogP contribution in [0.2, 0.25) is 0 Å². The van der Waals surface area contributed by atoms with Gasteiger partial charge in [-0.15, -0.1) is 0 Å². The smallest absolute Gasteiger partial charge is 0.338 e. The summed E-state index contributed by atoms with van der Waals surface area (Å²) in [5, 5.41) is 24.1. The molecule has 0 amide bonds. The van der Waals surface area contributed by atoms with Crippen molar-refractivity contribution in [2.45, 2.75) is 61.4 Å². The number of hydrogen-bond donors (Lipinski definition) is 2. The standard InChI is InChI=1S/C54H46O17/c55-41-39(31-63-47(57)33-19-7-1-8-20-33)65-53(45(69-51(61)37-27-15-5-16-28-37)43(41)67-49(59)35-23-11-3-12-24-35)71-54-46(70-52(62)38-29-17-6-18-30-38)44(68-50(60)36-25-13-4-14-26-36)42(56)40(66-54)32-64-48(58)34-21-9-2-10-22-34/h1-30,39-46,53-56H,31-32H2/t39-,40-,41-,42-,43+,44+,45-,46-,53-,54-/m1/s1. The van der Waals surface area contributed by atoms with E-state index in [1.165, 1.54) is 72.8 Å². The van der Waals surface area contributed by atoms with Crippen LogP contribution in [-0.4, -0.2) is 121 Å². The Balaban J connectivity index is 1.20. The van der Waals surface area contributed by atoms with E-state index in [2.05, 4.69) is 0 Å². The van der Waals surface area contributed by atoms with Crippen LogP contribution in [0.4, 0.5) is 0 Å². The molecule has 8 rings (SSSR count). The summed E-state index contributed by atoms with van der Waals surface area (Å²) in [4.78, 5) is 82.2. The highest BCUT2D eigenvalue weighted by molar-refractivity contribution is 5.92. The van der Waals surface area contributed by atoms with Crippen molar-refractivity contribution in [3.8, 4) is 0 Å². The molecule has 6 aromatic rings. The first-order valence-electron chi connectivity index (χ1n) is 22.3. The molecule has 2 N–H and O–H groups in total. The van der Waals surface area contributed by atoms with Gasteiger partial charge >= 0.3 is 35.8 Å². The maximum atomic E-state index is 14.0. The zero-order valence-electron chi connectivity index (χ0n) is 37.5. The molecule has 0 unspecified atom stereocenters. The van der Waals surface area contributed by atoms with Gasteiger partial charge in [-0.25, -0.2) is 28.8 Å². The molecule has 0 radical (unpaired) electrons. The fraction of sp³-hybridized carbons (Fsp3) is 0.222. The zero-order valence-corrected chi connectivity index (χ0v) is 37.5. The summed E-state index contributed by atoms with van der Waals surface area (Å²) in [6.45, 7) is -1.39. The topological polar surface area (TPSA) is 226 Å². The summed E-state index contributed by atoms with van der Waals surface area (Å²) in [6, 6.07) is 46.5. The van der Waals surface area contributed by atoms with Crippen LogP contribution in [0.15, 0.2) is 182 Å². The fourth-order valence-electron chi connectivity index (χ4n) is 7.62. The summed E-state index contributed by atoms with van der Waals surface area (Å²) in [5.41, 5.74) is 0.425. The van der Waals surface area contributed by atoms with E-state index < -0.39 is 110 Å². The summed E-state index contributed by atoms with van der Waals surface area (Å²) in [7, 11) is 0. The quantitative estimate of drug-likeness (QED) is 0.0864. The predicted molar refractivity (Wildman–Crippen MR) is 246 cm³/mol. The van der Waals surface area contributed by atoms with Gasteiger partial charge in [0.05, 0.1) is 33.4 Å². The molecule has 71 heavy (non-hydrogen) atoms. The monoisotopic (exact) mass is 966 g/mol. The molecule has 0 spiro atoms. The summed E-state index contributed by atoms with van der Waals surface area (Å²) >= 11 is 0. The van der Waals surface area contributed by atoms with Gasteiger partial charge in [-0.1, -0.05) is 109 Å². The lowest BCUT2D eigenvalue weighted by Gasteiger charge is -2.47. The molecular formula is C54H46O17. The van der Waals surface area contributed by atoms with Gasteiger partial charge in [-0.3, -0.25) is 0 Å². The number of rotatable bonds is 16. The normalized spacial score (nSPS) is 23.7. The Labute approximate surface area is 406 Å². The Morgan fingerprint density at radius 1 is 0.338 bits per heavy atom. The van der Waals surface area contributed by atoms with Crippen molar-refractivity contribution in [2.75, 3.05) is 13.2 Å². The van der Waals surface area contributed by atoms with Crippen LogP contribution in [0.5, 0.6) is 0 Å². The number of aliphatic hydroxyl groups is 2. The van der Waals surface area contributed by atoms with Crippen molar-refractivity contribution >= 4 is 35.8 Å². The number of carbonyl (C=O) groups is 6. The minimum Gasteiger partial charge on any atom is -0.459 e. The van der Waals surface area contributed by atoms with E-state index >= 15 is 0 Å². The van der Waals surface area contributed by atoms with Gasteiger partial charge in [0.25, 0.3) is 0 Å². The van der Waals surface area contributed by atoms with E-state index in [0.29, 0.717) is 0 Å². The molecular weight excluding hydrogens is 921 g/mol. The third-order valence-electron chi connectivity index (χ3n) is 11.3. The molecule has 2 aliphatic heterocycles. The highest BCUT2D eigenvalue weighted by Gasteiger charge is 2.56. The number of esters is 6. The number of hydrogen-bond acceptors (Lipinski definition) is 17. The van der Waals surface area contributed by atoms with Gasteiger partial charge in [0.2, 0.25) is 12.6 Å². The number of benzene rings is 6. The van der Waals surface area contributed by atoms with Crippen LogP contribution < -0.4 is 0 Å². The van der Waals surface area contributed by atoms with Crippen molar-refractivity contribution in [1.29, 1.82) is 0 Å². The lowest BCUT2D eigenvalue weighted by atomic mass is 9.97. The van der Waals surface area contributed by atoms with Gasteiger partial charge in [0.15, 0.2) is 24.4 Å². The molecule has 2 aliphatic rings. The molecule has 0 bridgehead atoms. The van der Waals surface area contributed by atoms with E-state index in [4.69, 9.17) is 42.6 Å². The second-order valence-corrected chi connectivity index (χ2v) is 16.1. The highest BCUT2D eigenvalue weighted by atomic mass is 16.8. The molecule has 0 aromatic heterocycles. The van der Waals surface area contributed by atoms with Gasteiger partial charge in [-0.2, -0.15) is 0 Å². The Morgan fingerprint density at radius 2 is 0.563 bits per heavy atom. The Morgan fingerprint density at radius 3 is 0.817 bits per heavy atom. The third kappa shape index (κ3) is 12.4. The van der Waals surface area contributed by atoms with E-state index in [-0.39, 0.29) is 33.4 Å². The first-order valence-corrected chi connectivity index (χ1v) is 22.3. The predicted octanol–water partition coefficient (Wildman–Crippen LogP) is 5.79. The second kappa shape index (κ2) is 23.5. The lowest BCUT2D eigenvalue weighted by Crippen LogP contribution is -2.66. The zero-order chi connectivity index (χ0) is 49.7. The van der Waals surface area contributed by atoms with E-state index in [1.54, 1.807) is 109 Å². The minimum atomic E-state index is -2.00. The van der Waals surface area contributed by atoms with Gasteiger partial charge < -0.3 is 52.8 Å². The first-order chi connectivity index (χ1) is 34.5. The van der Waals surface area contributed by atoms with Crippen LogP contribution >= 0.6 is 0 Å². The largest absolute Gasteiger partial charge is 0.459 e. The van der Waals surface area contributed by atoms with Gasteiger partial charge in [0.1, 0.15) is 37.6 Å². The summed E-state index contributed by atoms with van der Waals surface area (Å²) in [6.07, 6.45) is -18.6. The van der Waals surface area contributed by atoms with Crippen molar-refractivity contribution in [2.24, 2.45) is 0 Å². The maximum absolute atomic E-state index is 14.0. The Bertz CT molecular complexity index is 2540. The fourth-order valence-corrected chi connectivity index (χ4v) is 7.62. The Hall–Kier alpha value is -8.06. The van der Waals surface area contributed by atoms with Crippen LogP contribution in [0.3, 0.4) is 0 Å².